The van der Waals surface area contributed by atoms with Gasteiger partial charge in [-0.1, -0.05) is 0 Å². The number of piperidine rings is 1. The van der Waals surface area contributed by atoms with Crippen molar-refractivity contribution < 1.29 is 37.0 Å². The highest BCUT2D eigenvalue weighted by Gasteiger charge is 2.43. The second-order valence-corrected chi connectivity index (χ2v) is 10.6. The Labute approximate surface area is 227 Å². The van der Waals surface area contributed by atoms with E-state index in [0.29, 0.717) is 30.1 Å². The molecule has 0 spiro atoms. The molecular formula is C27H27F3N4O6. The molecule has 6 rings (SSSR count). The number of hydrogen-bond acceptors (Lipinski definition) is 8. The molecule has 212 valence electrons. The van der Waals surface area contributed by atoms with Crippen molar-refractivity contribution in [3.8, 4) is 23.3 Å². The van der Waals surface area contributed by atoms with Crippen molar-refractivity contribution in [2.75, 3.05) is 11.5 Å². The van der Waals surface area contributed by atoms with Crippen LogP contribution >= 0.6 is 0 Å². The molecule has 10 nitrogen and oxygen atoms in total. The number of fused-ring (bicyclic) bond motifs is 3. The van der Waals surface area contributed by atoms with E-state index in [-0.39, 0.29) is 30.3 Å². The average molecular weight is 561 g/mol. The quantitative estimate of drug-likeness (QED) is 0.263. The second kappa shape index (κ2) is 9.79. The van der Waals surface area contributed by atoms with Gasteiger partial charge >= 0.3 is 18.2 Å². The molecule has 2 aromatic carbocycles. The van der Waals surface area contributed by atoms with Crippen LogP contribution < -0.4 is 23.8 Å². The molecule has 3 atom stereocenters. The van der Waals surface area contributed by atoms with Crippen LogP contribution in [0, 0.1) is 10.1 Å². The molecule has 2 bridgehead atoms. The van der Waals surface area contributed by atoms with Crippen LogP contribution in [-0.2, 0) is 6.54 Å². The topological polar surface area (TPSA) is 101 Å². The maximum absolute atomic E-state index is 12.4. The number of nitro groups is 1. The molecule has 3 aliphatic rings. The molecule has 2 saturated heterocycles. The molecule has 1 aromatic heterocycles. The number of rotatable bonds is 8. The minimum absolute atomic E-state index is 0.0194. The molecule has 3 unspecified atom stereocenters. The van der Waals surface area contributed by atoms with Crippen molar-refractivity contribution in [2.45, 2.75) is 69.3 Å². The number of aromatic nitrogens is 2. The van der Waals surface area contributed by atoms with E-state index < -0.39 is 16.9 Å². The summed E-state index contributed by atoms with van der Waals surface area (Å²) in [5.74, 6) is 0.695. The van der Waals surface area contributed by atoms with Gasteiger partial charge in [-0.25, -0.2) is 0 Å². The molecule has 0 amide bonds. The number of hydrogen-bond donors (Lipinski definition) is 0. The van der Waals surface area contributed by atoms with Gasteiger partial charge in [0.25, 0.3) is 0 Å². The van der Waals surface area contributed by atoms with Gasteiger partial charge in [0.05, 0.1) is 6.54 Å². The summed E-state index contributed by atoms with van der Waals surface area (Å²) in [5, 5.41) is 10.9. The monoisotopic (exact) mass is 560 g/mol. The minimum Gasteiger partial charge on any atom is -0.490 e. The van der Waals surface area contributed by atoms with Gasteiger partial charge in [-0.3, -0.25) is 4.57 Å². The molecule has 13 heteroatoms. The molecule has 40 heavy (non-hydrogen) atoms. The second-order valence-electron chi connectivity index (χ2n) is 10.6. The summed E-state index contributed by atoms with van der Waals surface area (Å²) < 4.78 is 60.7. The Hall–Kier alpha value is -4.16. The third kappa shape index (κ3) is 5.45. The smallest absolute Gasteiger partial charge is 0.490 e. The lowest BCUT2D eigenvalue weighted by atomic mass is 9.98. The van der Waals surface area contributed by atoms with E-state index in [4.69, 9.17) is 14.2 Å². The molecule has 4 heterocycles. The van der Waals surface area contributed by atoms with Gasteiger partial charge in [-0.2, -0.15) is 0 Å². The fourth-order valence-corrected chi connectivity index (χ4v) is 5.86. The van der Waals surface area contributed by atoms with Gasteiger partial charge in [0.1, 0.15) is 36.2 Å². The van der Waals surface area contributed by atoms with Gasteiger partial charge in [-0.05, 0) is 73.2 Å². The predicted octanol–water partition coefficient (Wildman–Crippen LogP) is 5.50. The van der Waals surface area contributed by atoms with Crippen LogP contribution in [0.5, 0.6) is 23.3 Å². The van der Waals surface area contributed by atoms with Crippen LogP contribution in [0.3, 0.4) is 0 Å². The Morgan fingerprint density at radius 3 is 2.27 bits per heavy atom. The first kappa shape index (κ1) is 26.1. The van der Waals surface area contributed by atoms with Gasteiger partial charge < -0.3 is 34.0 Å². The zero-order valence-corrected chi connectivity index (χ0v) is 21.5. The van der Waals surface area contributed by atoms with Crippen molar-refractivity contribution in [3.63, 3.8) is 0 Å². The summed E-state index contributed by atoms with van der Waals surface area (Å²) in [6, 6.07) is 14.3. The number of halogens is 3. The zero-order valence-electron chi connectivity index (χ0n) is 21.5. The van der Waals surface area contributed by atoms with Crippen molar-refractivity contribution in [1.29, 1.82) is 0 Å². The first-order valence-electron chi connectivity index (χ1n) is 13.0. The highest BCUT2D eigenvalue weighted by molar-refractivity contribution is 5.52. The number of anilines is 1. The normalized spacial score (nSPS) is 25.3. The first-order valence-corrected chi connectivity index (χ1v) is 13.0. The highest BCUT2D eigenvalue weighted by atomic mass is 19.4. The molecule has 3 aromatic rings. The van der Waals surface area contributed by atoms with Crippen LogP contribution in [0.4, 0.5) is 24.7 Å². The molecule has 0 saturated carbocycles. The van der Waals surface area contributed by atoms with Gasteiger partial charge in [-0.15, -0.1) is 13.2 Å². The van der Waals surface area contributed by atoms with E-state index >= 15 is 0 Å². The fraction of sp³-hybridized carbons (Fsp3) is 0.444. The molecule has 3 aliphatic heterocycles. The standard InChI is InChI=1S/C27H27F3N4O6/c1-26(15-32-14-24(34(35)36)31-25(32)40-26)16-37-20-6-4-17(5-7-20)33-18-2-3-19(33)13-23(12-18)38-21-8-10-22(11-9-21)39-27(28,29)30/h4-11,14,18-19,23H,2-3,12-13,15-16H2,1H3. The van der Waals surface area contributed by atoms with Crippen LogP contribution in [-0.4, -0.2) is 51.2 Å². The predicted molar refractivity (Wildman–Crippen MR) is 136 cm³/mol. The summed E-state index contributed by atoms with van der Waals surface area (Å²) >= 11 is 0. The van der Waals surface area contributed by atoms with Crippen LogP contribution in [0.1, 0.15) is 32.6 Å². The van der Waals surface area contributed by atoms with Crippen molar-refractivity contribution in [1.82, 2.24) is 9.55 Å². The molecular weight excluding hydrogens is 533 g/mol. The number of imidazole rings is 1. The molecule has 0 N–H and O–H groups in total. The van der Waals surface area contributed by atoms with E-state index in [1.165, 1.54) is 30.5 Å². The number of ether oxygens (including phenoxy) is 4. The van der Waals surface area contributed by atoms with E-state index in [9.17, 15) is 23.3 Å². The average Bonchev–Trinajstić information content (AvgIpc) is 3.51. The minimum atomic E-state index is -4.72. The Morgan fingerprint density at radius 2 is 1.68 bits per heavy atom. The Balaban J connectivity index is 1.02. The van der Waals surface area contributed by atoms with E-state index in [0.717, 1.165) is 31.4 Å². The zero-order chi connectivity index (χ0) is 28.1. The maximum Gasteiger partial charge on any atom is 0.573 e. The van der Waals surface area contributed by atoms with E-state index in [2.05, 4.69) is 14.6 Å². The first-order chi connectivity index (χ1) is 19.0. The molecule has 0 radical (unpaired) electrons. The fourth-order valence-electron chi connectivity index (χ4n) is 5.86. The van der Waals surface area contributed by atoms with E-state index in [1.807, 2.05) is 31.2 Å². The third-order valence-corrected chi connectivity index (χ3v) is 7.49. The number of nitrogens with zero attached hydrogens (tertiary/aromatic N) is 4. The van der Waals surface area contributed by atoms with Crippen molar-refractivity contribution in [2.24, 2.45) is 0 Å². The summed E-state index contributed by atoms with van der Waals surface area (Å²) in [4.78, 5) is 16.7. The summed E-state index contributed by atoms with van der Waals surface area (Å²) in [6.45, 7) is 2.52. The summed E-state index contributed by atoms with van der Waals surface area (Å²) in [7, 11) is 0. The van der Waals surface area contributed by atoms with E-state index in [1.54, 1.807) is 4.57 Å². The highest BCUT2D eigenvalue weighted by Crippen LogP contribution is 2.41. The SMILES string of the molecule is CC1(COc2ccc(N3C4CCC3CC(Oc3ccc(OC(F)(F)F)cc3)C4)cc2)Cn2cc([N+](=O)[O-])nc2O1. The lowest BCUT2D eigenvalue weighted by molar-refractivity contribution is -0.389. The van der Waals surface area contributed by atoms with Gasteiger partial charge in [0.15, 0.2) is 5.60 Å². The maximum atomic E-state index is 12.4. The third-order valence-electron chi connectivity index (χ3n) is 7.49. The molecule has 2 fully saturated rings. The van der Waals surface area contributed by atoms with Gasteiger partial charge in [0, 0.05) is 35.6 Å². The van der Waals surface area contributed by atoms with Crippen LogP contribution in [0.25, 0.3) is 0 Å². The summed E-state index contributed by atoms with van der Waals surface area (Å²) in [5.41, 5.74) is 0.408. The lowest BCUT2D eigenvalue weighted by Crippen LogP contribution is -2.46. The van der Waals surface area contributed by atoms with Gasteiger partial charge in [0.2, 0.25) is 0 Å². The Morgan fingerprint density at radius 1 is 1.05 bits per heavy atom. The number of benzene rings is 2. The summed E-state index contributed by atoms with van der Waals surface area (Å²) in [6.07, 6.45) is 0.346. The Bertz CT molecular complexity index is 1340. The van der Waals surface area contributed by atoms with Crippen LogP contribution in [0.15, 0.2) is 54.7 Å². The number of alkyl halides is 3. The van der Waals surface area contributed by atoms with Crippen molar-refractivity contribution >= 4 is 11.5 Å². The lowest BCUT2D eigenvalue weighted by Gasteiger charge is -2.40. The largest absolute Gasteiger partial charge is 0.573 e. The Kier molecular flexibility index (Phi) is 6.38. The van der Waals surface area contributed by atoms with Crippen molar-refractivity contribution in [3.05, 3.63) is 64.8 Å². The van der Waals surface area contributed by atoms with Crippen LogP contribution in [0.2, 0.25) is 0 Å². The molecule has 0 aliphatic carbocycles.